The number of hydrogen-bond acceptors (Lipinski definition) is 7. The van der Waals surface area contributed by atoms with E-state index in [0.717, 1.165) is 6.07 Å². The number of aliphatic hydroxyl groups is 1. The Labute approximate surface area is 153 Å². The van der Waals surface area contributed by atoms with Crippen molar-refractivity contribution in [1.82, 2.24) is 0 Å². The highest BCUT2D eigenvalue weighted by Gasteiger charge is 2.37. The maximum atomic E-state index is 13.0. The van der Waals surface area contributed by atoms with Gasteiger partial charge in [-0.25, -0.2) is 0 Å². The predicted molar refractivity (Wildman–Crippen MR) is 97.3 cm³/mol. The van der Waals surface area contributed by atoms with Crippen molar-refractivity contribution in [2.75, 3.05) is 0 Å². The monoisotopic (exact) mass is 370 g/mol. The summed E-state index contributed by atoms with van der Waals surface area (Å²) in [4.78, 5) is 13.0. The molecule has 0 aliphatic carbocycles. The molecule has 1 aromatic heterocycles. The third kappa shape index (κ3) is 2.67. The number of phenols is 3. The Kier molecular flexibility index (Phi) is 3.61. The molecule has 2 aromatic carbocycles. The zero-order valence-electron chi connectivity index (χ0n) is 14.7. The first-order valence-corrected chi connectivity index (χ1v) is 8.38. The molecule has 7 nitrogen and oxygen atoms in total. The molecule has 1 aliphatic heterocycles. The minimum absolute atomic E-state index is 0.0290. The Morgan fingerprint density at radius 2 is 1.85 bits per heavy atom. The fourth-order valence-corrected chi connectivity index (χ4v) is 3.30. The van der Waals surface area contributed by atoms with E-state index in [4.69, 9.17) is 9.15 Å². The Morgan fingerprint density at radius 3 is 2.52 bits per heavy atom. The molecule has 0 spiro atoms. The first-order valence-electron chi connectivity index (χ1n) is 8.38. The molecule has 1 atom stereocenters. The quantitative estimate of drug-likeness (QED) is 0.547. The van der Waals surface area contributed by atoms with E-state index in [9.17, 15) is 25.2 Å². The van der Waals surface area contributed by atoms with E-state index in [-0.39, 0.29) is 45.8 Å². The summed E-state index contributed by atoms with van der Waals surface area (Å²) >= 11 is 0. The minimum atomic E-state index is -1.13. The Bertz CT molecular complexity index is 1120. The summed E-state index contributed by atoms with van der Waals surface area (Å²) in [6.45, 7) is 3.21. The Morgan fingerprint density at radius 1 is 1.11 bits per heavy atom. The highest BCUT2D eigenvalue weighted by molar-refractivity contribution is 5.90. The first-order chi connectivity index (χ1) is 12.7. The number of aromatic hydroxyl groups is 3. The van der Waals surface area contributed by atoms with Crippen molar-refractivity contribution in [3.8, 4) is 34.1 Å². The molecule has 0 radical (unpaired) electrons. The molecule has 0 amide bonds. The van der Waals surface area contributed by atoms with Crippen molar-refractivity contribution in [2.24, 2.45) is 0 Å². The van der Waals surface area contributed by atoms with Gasteiger partial charge in [-0.15, -0.1) is 0 Å². The second-order valence-corrected chi connectivity index (χ2v) is 7.22. The number of ether oxygens (including phenoxy) is 1. The molecule has 0 saturated heterocycles. The first kappa shape index (κ1) is 17.2. The lowest BCUT2D eigenvalue weighted by Crippen LogP contribution is -2.39. The van der Waals surface area contributed by atoms with Crippen LogP contribution in [0.4, 0.5) is 0 Å². The molecule has 4 N–H and O–H groups in total. The van der Waals surface area contributed by atoms with Gasteiger partial charge in [-0.2, -0.15) is 0 Å². The molecule has 140 valence electrons. The second-order valence-electron chi connectivity index (χ2n) is 7.22. The fourth-order valence-electron chi connectivity index (χ4n) is 3.30. The van der Waals surface area contributed by atoms with Gasteiger partial charge in [-0.05, 0) is 26.0 Å². The molecule has 0 bridgehead atoms. The highest BCUT2D eigenvalue weighted by Crippen LogP contribution is 2.43. The summed E-state index contributed by atoms with van der Waals surface area (Å²) in [7, 11) is 0. The van der Waals surface area contributed by atoms with Gasteiger partial charge in [0.1, 0.15) is 46.3 Å². The predicted octanol–water partition coefficient (Wildman–Crippen LogP) is 2.65. The summed E-state index contributed by atoms with van der Waals surface area (Å²) in [6, 6.07) is 5.35. The van der Waals surface area contributed by atoms with Crippen LogP contribution in [0.5, 0.6) is 23.0 Å². The maximum absolute atomic E-state index is 13.0. The molecular weight excluding hydrogens is 352 g/mol. The average Bonchev–Trinajstić information content (AvgIpc) is 3.01. The van der Waals surface area contributed by atoms with Gasteiger partial charge in [-0.1, -0.05) is 0 Å². The van der Waals surface area contributed by atoms with Gasteiger partial charge in [0.25, 0.3) is 0 Å². The molecule has 7 heteroatoms. The largest absolute Gasteiger partial charge is 0.508 e. The summed E-state index contributed by atoms with van der Waals surface area (Å²) in [6.07, 6.45) is 0.866. The SMILES string of the molecule is CC(C)(O)C1Cc2c(cc3occ(-c4ccc(O)cc4O)c(=O)c3c2O)O1. The lowest BCUT2D eigenvalue weighted by molar-refractivity contribution is -0.0229. The molecule has 1 aliphatic rings. The van der Waals surface area contributed by atoms with Crippen molar-refractivity contribution >= 4 is 11.0 Å². The summed E-state index contributed by atoms with van der Waals surface area (Å²) in [5.41, 5.74) is -0.868. The van der Waals surface area contributed by atoms with Gasteiger partial charge in [0.05, 0.1) is 11.2 Å². The normalized spacial score (nSPS) is 16.3. The number of phenolic OH excluding ortho intramolecular Hbond substituents is 3. The van der Waals surface area contributed by atoms with Crippen LogP contribution in [0.1, 0.15) is 19.4 Å². The molecule has 0 saturated carbocycles. The van der Waals surface area contributed by atoms with E-state index < -0.39 is 17.1 Å². The van der Waals surface area contributed by atoms with Crippen LogP contribution in [0.25, 0.3) is 22.1 Å². The van der Waals surface area contributed by atoms with Gasteiger partial charge in [0.15, 0.2) is 0 Å². The number of fused-ring (bicyclic) bond motifs is 2. The Balaban J connectivity index is 1.92. The van der Waals surface area contributed by atoms with Gasteiger partial charge >= 0.3 is 0 Å². The molecular formula is C20H18O7. The average molecular weight is 370 g/mol. The number of rotatable bonds is 2. The maximum Gasteiger partial charge on any atom is 0.204 e. The van der Waals surface area contributed by atoms with E-state index in [0.29, 0.717) is 11.3 Å². The minimum Gasteiger partial charge on any atom is -0.508 e. The van der Waals surface area contributed by atoms with Crippen LogP contribution in [-0.2, 0) is 6.42 Å². The summed E-state index contributed by atoms with van der Waals surface area (Å²) in [5.74, 6) is -0.330. The third-order valence-corrected chi connectivity index (χ3v) is 4.82. The van der Waals surface area contributed by atoms with Crippen LogP contribution in [0.3, 0.4) is 0 Å². The molecule has 27 heavy (non-hydrogen) atoms. The van der Waals surface area contributed by atoms with E-state index in [1.165, 1.54) is 24.5 Å². The number of hydrogen-bond donors (Lipinski definition) is 4. The van der Waals surface area contributed by atoms with E-state index >= 15 is 0 Å². The van der Waals surface area contributed by atoms with E-state index in [1.807, 2.05) is 0 Å². The fraction of sp³-hybridized carbons (Fsp3) is 0.250. The summed E-state index contributed by atoms with van der Waals surface area (Å²) in [5, 5.41) is 40.3. The van der Waals surface area contributed by atoms with Crippen molar-refractivity contribution in [3.63, 3.8) is 0 Å². The van der Waals surface area contributed by atoms with Gasteiger partial charge < -0.3 is 29.6 Å². The zero-order chi connectivity index (χ0) is 19.5. The van der Waals surface area contributed by atoms with Crippen LogP contribution in [0, 0.1) is 0 Å². The van der Waals surface area contributed by atoms with Crippen molar-refractivity contribution in [3.05, 3.63) is 46.3 Å². The highest BCUT2D eigenvalue weighted by atomic mass is 16.5. The molecule has 4 rings (SSSR count). The van der Waals surface area contributed by atoms with Gasteiger partial charge in [0.2, 0.25) is 5.43 Å². The third-order valence-electron chi connectivity index (χ3n) is 4.82. The lowest BCUT2D eigenvalue weighted by atomic mass is 9.95. The smallest absolute Gasteiger partial charge is 0.204 e. The van der Waals surface area contributed by atoms with Crippen LogP contribution in [-0.4, -0.2) is 32.1 Å². The molecule has 1 unspecified atom stereocenters. The van der Waals surface area contributed by atoms with Crippen LogP contribution < -0.4 is 10.2 Å². The summed E-state index contributed by atoms with van der Waals surface area (Å²) < 4.78 is 11.2. The van der Waals surface area contributed by atoms with E-state index in [1.54, 1.807) is 13.8 Å². The van der Waals surface area contributed by atoms with Crippen LogP contribution >= 0.6 is 0 Å². The molecule has 2 heterocycles. The zero-order valence-corrected chi connectivity index (χ0v) is 14.7. The molecule has 3 aromatic rings. The second kappa shape index (κ2) is 5.65. The van der Waals surface area contributed by atoms with Gasteiger partial charge in [-0.3, -0.25) is 4.79 Å². The Hall–Kier alpha value is -3.19. The molecule has 0 fully saturated rings. The van der Waals surface area contributed by atoms with Crippen molar-refractivity contribution < 1.29 is 29.6 Å². The van der Waals surface area contributed by atoms with E-state index in [2.05, 4.69) is 0 Å². The number of benzene rings is 2. The standard InChI is InChI=1S/C20H18O7/c1-20(2,25)16-6-11-14(27-16)7-15-17(18(11)23)19(24)12(8-26-15)10-4-3-9(21)5-13(10)22/h3-5,7-8,16,21-23,25H,6H2,1-2H3. The van der Waals surface area contributed by atoms with Crippen LogP contribution in [0.15, 0.2) is 39.7 Å². The van der Waals surface area contributed by atoms with Crippen molar-refractivity contribution in [2.45, 2.75) is 32.0 Å². The van der Waals surface area contributed by atoms with Crippen molar-refractivity contribution in [1.29, 1.82) is 0 Å². The van der Waals surface area contributed by atoms with Crippen LogP contribution in [0.2, 0.25) is 0 Å². The topological polar surface area (TPSA) is 120 Å². The van der Waals surface area contributed by atoms with Gasteiger partial charge in [0, 0.05) is 29.7 Å². The lowest BCUT2D eigenvalue weighted by Gasteiger charge is -2.24.